The number of carbonyl (C=O) groups is 1. The molecule has 0 aliphatic carbocycles. The first-order valence-electron chi connectivity index (χ1n) is 11.9. The van der Waals surface area contributed by atoms with Gasteiger partial charge in [0.1, 0.15) is 11.8 Å². The van der Waals surface area contributed by atoms with Crippen LogP contribution in [0.1, 0.15) is 50.2 Å². The molecule has 182 valence electrons. The number of para-hydroxylation sites is 1. The Morgan fingerprint density at radius 3 is 2.34 bits per heavy atom. The lowest BCUT2D eigenvalue weighted by molar-refractivity contribution is -0.125. The third-order valence-corrected chi connectivity index (χ3v) is 5.89. The monoisotopic (exact) mass is 473 g/mol. The lowest BCUT2D eigenvalue weighted by Gasteiger charge is -2.17. The van der Waals surface area contributed by atoms with E-state index in [0.29, 0.717) is 29.6 Å². The maximum Gasteiger partial charge on any atom is 0.295 e. The van der Waals surface area contributed by atoms with Crippen LogP contribution in [0.5, 0.6) is 5.75 Å². The minimum atomic E-state index is -0.740. The maximum absolute atomic E-state index is 13.4. The summed E-state index contributed by atoms with van der Waals surface area (Å²) < 4.78 is 8.69. The maximum atomic E-state index is 13.4. The Balaban J connectivity index is 1.60. The van der Waals surface area contributed by atoms with E-state index >= 15 is 0 Å². The van der Waals surface area contributed by atoms with Crippen molar-refractivity contribution in [2.45, 2.75) is 59.7 Å². The van der Waals surface area contributed by atoms with Crippen LogP contribution in [-0.2, 0) is 11.3 Å². The molecule has 2 heterocycles. The SMILES string of the molecule is CC[C@@H](C(=O)NCc1ccc(OC(C)C)cc1)n1nc(C)c2c(C)n(-c3ccccc3)nc2c1=O. The molecule has 1 amide bonds. The van der Waals surface area contributed by atoms with Crippen LogP contribution in [0.3, 0.4) is 0 Å². The molecule has 0 saturated carbocycles. The summed E-state index contributed by atoms with van der Waals surface area (Å²) in [5.41, 5.74) is 3.23. The molecule has 0 unspecified atom stereocenters. The van der Waals surface area contributed by atoms with Crippen molar-refractivity contribution in [1.29, 1.82) is 0 Å². The van der Waals surface area contributed by atoms with Gasteiger partial charge in [0.05, 0.1) is 28.6 Å². The Kier molecular flexibility index (Phi) is 7.00. The van der Waals surface area contributed by atoms with E-state index in [1.807, 2.05) is 89.2 Å². The van der Waals surface area contributed by atoms with Crippen LogP contribution < -0.4 is 15.6 Å². The van der Waals surface area contributed by atoms with Crippen molar-refractivity contribution in [3.8, 4) is 11.4 Å². The number of hydrogen-bond acceptors (Lipinski definition) is 5. The summed E-state index contributed by atoms with van der Waals surface area (Å²) in [4.78, 5) is 26.5. The van der Waals surface area contributed by atoms with Gasteiger partial charge < -0.3 is 10.1 Å². The second-order valence-electron chi connectivity index (χ2n) is 8.84. The standard InChI is InChI=1S/C27H31N5O3/c1-6-23(26(33)28-16-20-12-14-22(15-13-20)35-17(2)3)32-27(34)25-24(18(4)29-32)19(5)31(30-25)21-10-8-7-9-11-21/h7-15,17,23H,6,16H2,1-5H3,(H,28,33)/t23-/m0/s1. The number of carbonyl (C=O) groups excluding carboxylic acids is 1. The zero-order valence-corrected chi connectivity index (χ0v) is 20.8. The van der Waals surface area contributed by atoms with Gasteiger partial charge in [-0.2, -0.15) is 10.2 Å². The lowest BCUT2D eigenvalue weighted by atomic mass is 10.1. The van der Waals surface area contributed by atoms with Crippen LogP contribution >= 0.6 is 0 Å². The molecule has 0 radical (unpaired) electrons. The Morgan fingerprint density at radius 2 is 1.71 bits per heavy atom. The highest BCUT2D eigenvalue weighted by atomic mass is 16.5. The smallest absolute Gasteiger partial charge is 0.295 e. The molecule has 35 heavy (non-hydrogen) atoms. The third-order valence-electron chi connectivity index (χ3n) is 5.89. The summed E-state index contributed by atoms with van der Waals surface area (Å²) in [6, 6.07) is 16.5. The second kappa shape index (κ2) is 10.1. The highest BCUT2D eigenvalue weighted by Gasteiger charge is 2.25. The zero-order valence-electron chi connectivity index (χ0n) is 20.8. The molecule has 8 nitrogen and oxygen atoms in total. The van der Waals surface area contributed by atoms with Crippen LogP contribution in [-0.4, -0.2) is 31.6 Å². The number of hydrogen-bond donors (Lipinski definition) is 1. The number of rotatable bonds is 8. The Hall–Kier alpha value is -3.94. The number of ether oxygens (including phenoxy) is 1. The van der Waals surface area contributed by atoms with Gasteiger partial charge in [-0.25, -0.2) is 9.36 Å². The van der Waals surface area contributed by atoms with E-state index in [-0.39, 0.29) is 17.6 Å². The van der Waals surface area contributed by atoms with Gasteiger partial charge in [-0.15, -0.1) is 0 Å². The average Bonchev–Trinajstić information content (AvgIpc) is 3.20. The second-order valence-corrected chi connectivity index (χ2v) is 8.84. The average molecular weight is 474 g/mol. The van der Waals surface area contributed by atoms with Gasteiger partial charge in [-0.3, -0.25) is 9.59 Å². The molecular weight excluding hydrogens is 442 g/mol. The topological polar surface area (TPSA) is 91.0 Å². The Labute approximate surface area is 204 Å². The van der Waals surface area contributed by atoms with Crippen molar-refractivity contribution in [3.63, 3.8) is 0 Å². The summed E-state index contributed by atoms with van der Waals surface area (Å²) in [6.07, 6.45) is 0.517. The molecule has 4 aromatic rings. The van der Waals surface area contributed by atoms with Crippen LogP contribution in [0.25, 0.3) is 16.6 Å². The molecule has 0 aliphatic rings. The Bertz CT molecular complexity index is 1390. The minimum absolute atomic E-state index is 0.0975. The van der Waals surface area contributed by atoms with Gasteiger partial charge >= 0.3 is 0 Å². The molecule has 0 aliphatic heterocycles. The van der Waals surface area contributed by atoms with Gasteiger partial charge in [-0.1, -0.05) is 37.3 Å². The summed E-state index contributed by atoms with van der Waals surface area (Å²) in [7, 11) is 0. The number of nitrogens with one attached hydrogen (secondary N) is 1. The molecule has 2 aromatic heterocycles. The normalized spacial score (nSPS) is 12.2. The first kappa shape index (κ1) is 24.2. The summed E-state index contributed by atoms with van der Waals surface area (Å²) in [5.74, 6) is 0.522. The van der Waals surface area contributed by atoms with Crippen molar-refractivity contribution in [1.82, 2.24) is 24.9 Å². The van der Waals surface area contributed by atoms with Crippen LogP contribution in [0.2, 0.25) is 0 Å². The van der Waals surface area contributed by atoms with Gasteiger partial charge in [0.2, 0.25) is 5.91 Å². The summed E-state index contributed by atoms with van der Waals surface area (Å²) in [6.45, 7) is 9.91. The lowest BCUT2D eigenvalue weighted by Crippen LogP contribution is -2.38. The van der Waals surface area contributed by atoms with Crippen molar-refractivity contribution in [2.75, 3.05) is 0 Å². The molecule has 1 atom stereocenters. The van der Waals surface area contributed by atoms with E-state index in [4.69, 9.17) is 4.74 Å². The van der Waals surface area contributed by atoms with Crippen molar-refractivity contribution in [2.24, 2.45) is 0 Å². The molecular formula is C27H31N5O3. The number of amides is 1. The molecule has 0 fully saturated rings. The van der Waals surface area contributed by atoms with Crippen LogP contribution in [0.4, 0.5) is 0 Å². The van der Waals surface area contributed by atoms with E-state index in [0.717, 1.165) is 22.7 Å². The van der Waals surface area contributed by atoms with Crippen LogP contribution in [0, 0.1) is 13.8 Å². The van der Waals surface area contributed by atoms with E-state index < -0.39 is 6.04 Å². The fraction of sp³-hybridized carbons (Fsp3) is 0.333. The Morgan fingerprint density at radius 1 is 1.03 bits per heavy atom. The first-order valence-corrected chi connectivity index (χ1v) is 11.9. The first-order chi connectivity index (χ1) is 16.8. The number of fused-ring (bicyclic) bond motifs is 1. The highest BCUT2D eigenvalue weighted by molar-refractivity contribution is 5.84. The largest absolute Gasteiger partial charge is 0.491 e. The summed E-state index contributed by atoms with van der Waals surface area (Å²) in [5, 5.41) is 12.8. The van der Waals surface area contributed by atoms with Gasteiger partial charge in [0.15, 0.2) is 5.52 Å². The fourth-order valence-electron chi connectivity index (χ4n) is 4.22. The van der Waals surface area contributed by atoms with Crippen molar-refractivity contribution >= 4 is 16.8 Å². The third kappa shape index (κ3) is 4.96. The molecule has 0 spiro atoms. The minimum Gasteiger partial charge on any atom is -0.491 e. The fourth-order valence-corrected chi connectivity index (χ4v) is 4.22. The van der Waals surface area contributed by atoms with E-state index in [1.54, 1.807) is 4.68 Å². The van der Waals surface area contributed by atoms with E-state index in [1.165, 1.54) is 4.68 Å². The number of benzene rings is 2. The molecule has 2 aromatic carbocycles. The zero-order chi connectivity index (χ0) is 25.1. The predicted octanol–water partition coefficient (Wildman–Crippen LogP) is 4.25. The molecule has 8 heteroatoms. The quantitative estimate of drug-likeness (QED) is 0.413. The van der Waals surface area contributed by atoms with Crippen LogP contribution in [0.15, 0.2) is 59.4 Å². The number of aromatic nitrogens is 4. The van der Waals surface area contributed by atoms with E-state index in [9.17, 15) is 9.59 Å². The van der Waals surface area contributed by atoms with Crippen molar-refractivity contribution < 1.29 is 9.53 Å². The summed E-state index contributed by atoms with van der Waals surface area (Å²) >= 11 is 0. The molecule has 4 rings (SSSR count). The van der Waals surface area contributed by atoms with Gasteiger partial charge in [0, 0.05) is 6.54 Å². The molecule has 1 N–H and O–H groups in total. The predicted molar refractivity (Wildman–Crippen MR) is 136 cm³/mol. The highest BCUT2D eigenvalue weighted by Crippen LogP contribution is 2.22. The number of aryl methyl sites for hydroxylation is 2. The van der Waals surface area contributed by atoms with E-state index in [2.05, 4.69) is 15.5 Å². The van der Waals surface area contributed by atoms with Gasteiger partial charge in [-0.05, 0) is 63.9 Å². The molecule has 0 saturated heterocycles. The number of nitrogens with zero attached hydrogens (tertiary/aromatic N) is 4. The van der Waals surface area contributed by atoms with Crippen molar-refractivity contribution in [3.05, 3.63) is 81.9 Å². The molecule has 0 bridgehead atoms. The van der Waals surface area contributed by atoms with Gasteiger partial charge in [0.25, 0.3) is 5.56 Å².